The van der Waals surface area contributed by atoms with Gasteiger partial charge in [0.1, 0.15) is 6.07 Å². The molecule has 1 saturated heterocycles. The number of carbonyl (C=O) groups excluding carboxylic acids is 1. The van der Waals surface area contributed by atoms with Gasteiger partial charge in [0.05, 0.1) is 12.3 Å². The van der Waals surface area contributed by atoms with Crippen LogP contribution in [-0.4, -0.2) is 24.0 Å². The third-order valence-electron chi connectivity index (χ3n) is 6.29. The first-order chi connectivity index (χ1) is 15.2. The Kier molecular flexibility index (Phi) is 5.21. The fourth-order valence-corrected chi connectivity index (χ4v) is 4.64. The van der Waals surface area contributed by atoms with Crippen LogP contribution in [0.15, 0.2) is 51.5 Å². The number of fused-ring (bicyclic) bond motifs is 1. The summed E-state index contributed by atoms with van der Waals surface area (Å²) < 4.78 is 11.2. The minimum atomic E-state index is -0.0386. The molecule has 1 aromatic carbocycles. The highest BCUT2D eigenvalue weighted by atomic mass is 16.4. The van der Waals surface area contributed by atoms with Gasteiger partial charge in [0, 0.05) is 19.0 Å². The Morgan fingerprint density at radius 3 is 2.77 bits per heavy atom. The number of nitrogens with one attached hydrogen (secondary N) is 1. The Morgan fingerprint density at radius 2 is 2.00 bits per heavy atom. The molecule has 7 heteroatoms. The number of aryl methyl sites for hydroxylation is 1. The minimum absolute atomic E-state index is 0.0386. The van der Waals surface area contributed by atoms with E-state index in [-0.39, 0.29) is 23.6 Å². The van der Waals surface area contributed by atoms with E-state index in [0.29, 0.717) is 43.5 Å². The first kappa shape index (κ1) is 19.4. The highest BCUT2D eigenvalue weighted by Crippen LogP contribution is 2.33. The molecular formula is C24H24N4O3. The molecule has 7 nitrogen and oxygen atoms in total. The van der Waals surface area contributed by atoms with Gasteiger partial charge in [-0.2, -0.15) is 10.2 Å². The molecule has 5 rings (SSSR count). The maximum absolute atomic E-state index is 13.0. The van der Waals surface area contributed by atoms with Gasteiger partial charge in [0.2, 0.25) is 17.5 Å². The van der Waals surface area contributed by atoms with Crippen molar-refractivity contribution in [1.29, 1.82) is 5.26 Å². The van der Waals surface area contributed by atoms with E-state index in [2.05, 4.69) is 34.6 Å². The standard InChI is InChI=1S/C24H24N4O3/c25-15-20-24(31-23(27-20)21-9-4-14-30-21)28-12-10-17(11-13-28)22(29)26-19-8-3-6-16-5-1-2-7-18(16)19/h1-2,4-5,7,9,14,17,19H,3,6,8,10-13H2,(H,26,29). The maximum Gasteiger partial charge on any atom is 0.266 e. The number of piperidine rings is 1. The molecule has 1 amide bonds. The molecule has 0 radical (unpaired) electrons. The van der Waals surface area contributed by atoms with Crippen molar-refractivity contribution in [2.45, 2.75) is 38.1 Å². The SMILES string of the molecule is N#Cc1nc(-c2ccco2)oc1N1CCC(C(=O)NC2CCCc3ccccc32)CC1. The van der Waals surface area contributed by atoms with Crippen LogP contribution in [0.5, 0.6) is 0 Å². The van der Waals surface area contributed by atoms with Crippen LogP contribution >= 0.6 is 0 Å². The van der Waals surface area contributed by atoms with Gasteiger partial charge in [0.25, 0.3) is 5.89 Å². The lowest BCUT2D eigenvalue weighted by molar-refractivity contribution is -0.126. The average molecular weight is 416 g/mol. The quantitative estimate of drug-likeness (QED) is 0.684. The fraction of sp³-hybridized carbons (Fsp3) is 0.375. The Morgan fingerprint density at radius 1 is 1.16 bits per heavy atom. The van der Waals surface area contributed by atoms with Crippen LogP contribution in [0.25, 0.3) is 11.7 Å². The third kappa shape index (κ3) is 3.81. The number of nitriles is 1. The fourth-order valence-electron chi connectivity index (χ4n) is 4.64. The predicted molar refractivity (Wildman–Crippen MR) is 114 cm³/mol. The van der Waals surface area contributed by atoms with E-state index in [0.717, 1.165) is 19.3 Å². The number of rotatable bonds is 4. The Balaban J connectivity index is 1.23. The number of anilines is 1. The number of hydrogen-bond acceptors (Lipinski definition) is 6. The summed E-state index contributed by atoms with van der Waals surface area (Å²) >= 11 is 0. The van der Waals surface area contributed by atoms with Gasteiger partial charge in [-0.3, -0.25) is 4.79 Å². The van der Waals surface area contributed by atoms with Crippen LogP contribution in [0.2, 0.25) is 0 Å². The van der Waals surface area contributed by atoms with Gasteiger partial charge >= 0.3 is 0 Å². The summed E-state index contributed by atoms with van der Waals surface area (Å²) in [6, 6.07) is 14.1. The van der Waals surface area contributed by atoms with Gasteiger partial charge in [-0.25, -0.2) is 0 Å². The minimum Gasteiger partial charge on any atom is -0.459 e. The summed E-state index contributed by atoms with van der Waals surface area (Å²) in [7, 11) is 0. The van der Waals surface area contributed by atoms with Crippen LogP contribution in [0.4, 0.5) is 5.88 Å². The van der Waals surface area contributed by atoms with Crippen LogP contribution in [0, 0.1) is 17.2 Å². The van der Waals surface area contributed by atoms with Crippen LogP contribution < -0.4 is 10.2 Å². The zero-order valence-corrected chi connectivity index (χ0v) is 17.2. The van der Waals surface area contributed by atoms with Crippen molar-refractivity contribution in [1.82, 2.24) is 10.3 Å². The molecule has 1 unspecified atom stereocenters. The molecule has 1 aliphatic heterocycles. The average Bonchev–Trinajstić information content (AvgIpc) is 3.49. The highest BCUT2D eigenvalue weighted by molar-refractivity contribution is 5.79. The third-order valence-corrected chi connectivity index (χ3v) is 6.29. The normalized spacial score (nSPS) is 18.9. The number of carbonyl (C=O) groups is 1. The Hall–Kier alpha value is -3.53. The summed E-state index contributed by atoms with van der Waals surface area (Å²) in [6.07, 6.45) is 6.13. The number of aromatic nitrogens is 1. The van der Waals surface area contributed by atoms with Crippen molar-refractivity contribution in [3.05, 3.63) is 59.5 Å². The lowest BCUT2D eigenvalue weighted by Crippen LogP contribution is -2.42. The molecule has 2 aliphatic rings. The number of hydrogen-bond donors (Lipinski definition) is 1. The van der Waals surface area contributed by atoms with Gasteiger partial charge in [-0.05, 0) is 55.4 Å². The van der Waals surface area contributed by atoms with E-state index in [4.69, 9.17) is 8.83 Å². The van der Waals surface area contributed by atoms with E-state index in [1.165, 1.54) is 11.1 Å². The second-order valence-corrected chi connectivity index (χ2v) is 8.18. The second kappa shape index (κ2) is 8.31. The molecule has 2 aromatic heterocycles. The van der Waals surface area contributed by atoms with Crippen molar-refractivity contribution < 1.29 is 13.6 Å². The van der Waals surface area contributed by atoms with E-state index in [1.807, 2.05) is 11.0 Å². The summed E-state index contributed by atoms with van der Waals surface area (Å²) in [6.45, 7) is 1.28. The number of oxazole rings is 1. The summed E-state index contributed by atoms with van der Waals surface area (Å²) in [5.41, 5.74) is 2.84. The topological polar surface area (TPSA) is 95.3 Å². The van der Waals surface area contributed by atoms with E-state index in [1.54, 1.807) is 18.4 Å². The Bertz CT molecular complexity index is 1100. The zero-order chi connectivity index (χ0) is 21.2. The number of benzene rings is 1. The molecule has 0 bridgehead atoms. The number of nitrogens with zero attached hydrogens (tertiary/aromatic N) is 3. The van der Waals surface area contributed by atoms with Crippen LogP contribution in [0.3, 0.4) is 0 Å². The van der Waals surface area contributed by atoms with Crippen molar-refractivity contribution in [2.75, 3.05) is 18.0 Å². The molecule has 1 fully saturated rings. The number of amides is 1. The van der Waals surface area contributed by atoms with E-state index < -0.39 is 0 Å². The molecule has 31 heavy (non-hydrogen) atoms. The summed E-state index contributed by atoms with van der Waals surface area (Å²) in [5.74, 6) is 1.32. The molecule has 3 heterocycles. The first-order valence-electron chi connectivity index (χ1n) is 10.8. The second-order valence-electron chi connectivity index (χ2n) is 8.18. The van der Waals surface area contributed by atoms with E-state index in [9.17, 15) is 10.1 Å². The zero-order valence-electron chi connectivity index (χ0n) is 17.2. The lowest BCUT2D eigenvalue weighted by atomic mass is 9.87. The largest absolute Gasteiger partial charge is 0.459 e. The van der Waals surface area contributed by atoms with Crippen LogP contribution in [0.1, 0.15) is 48.5 Å². The molecule has 1 atom stereocenters. The number of furan rings is 1. The van der Waals surface area contributed by atoms with Crippen molar-refractivity contribution in [3.8, 4) is 17.7 Å². The molecule has 0 spiro atoms. The first-order valence-corrected chi connectivity index (χ1v) is 10.8. The van der Waals surface area contributed by atoms with Gasteiger partial charge in [-0.15, -0.1) is 0 Å². The van der Waals surface area contributed by atoms with E-state index >= 15 is 0 Å². The molecule has 1 N–H and O–H groups in total. The molecular weight excluding hydrogens is 392 g/mol. The molecule has 3 aromatic rings. The summed E-state index contributed by atoms with van der Waals surface area (Å²) in [5, 5.41) is 12.8. The molecule has 0 saturated carbocycles. The smallest absolute Gasteiger partial charge is 0.266 e. The van der Waals surface area contributed by atoms with Gasteiger partial charge in [-0.1, -0.05) is 24.3 Å². The monoisotopic (exact) mass is 416 g/mol. The van der Waals surface area contributed by atoms with Crippen molar-refractivity contribution >= 4 is 11.8 Å². The predicted octanol–water partition coefficient (Wildman–Crippen LogP) is 4.22. The van der Waals surface area contributed by atoms with Crippen molar-refractivity contribution in [2.24, 2.45) is 5.92 Å². The lowest BCUT2D eigenvalue weighted by Gasteiger charge is -2.33. The van der Waals surface area contributed by atoms with Crippen LogP contribution in [-0.2, 0) is 11.2 Å². The van der Waals surface area contributed by atoms with Gasteiger partial charge in [0.15, 0.2) is 5.76 Å². The maximum atomic E-state index is 13.0. The Labute approximate surface area is 180 Å². The molecule has 1 aliphatic carbocycles. The molecule has 158 valence electrons. The summed E-state index contributed by atoms with van der Waals surface area (Å²) in [4.78, 5) is 19.2. The van der Waals surface area contributed by atoms with Gasteiger partial charge < -0.3 is 19.1 Å². The highest BCUT2D eigenvalue weighted by Gasteiger charge is 2.31. The van der Waals surface area contributed by atoms with Crippen molar-refractivity contribution in [3.63, 3.8) is 0 Å².